The third-order valence-corrected chi connectivity index (χ3v) is 5.32. The van der Waals surface area contributed by atoms with Gasteiger partial charge in [-0.05, 0) is 55.5 Å². The number of hydrogen-bond acceptors (Lipinski definition) is 3. The zero-order chi connectivity index (χ0) is 19.7. The molecule has 1 aliphatic carbocycles. The number of rotatable bonds is 5. The van der Waals surface area contributed by atoms with Crippen molar-refractivity contribution in [2.75, 3.05) is 18.0 Å². The first-order valence-electron chi connectivity index (χ1n) is 9.60. The van der Waals surface area contributed by atoms with Gasteiger partial charge in [0.1, 0.15) is 5.69 Å². The topological polar surface area (TPSA) is 36.4 Å². The van der Waals surface area contributed by atoms with Gasteiger partial charge in [0.25, 0.3) is 5.91 Å². The fraction of sp³-hybridized carbons (Fsp3) is 0.429. The van der Waals surface area contributed by atoms with Crippen molar-refractivity contribution in [2.45, 2.75) is 44.4 Å². The predicted octanol–water partition coefficient (Wildman–Crippen LogP) is 4.51. The Kier molecular flexibility index (Phi) is 5.00. The normalized spacial score (nSPS) is 17.0. The van der Waals surface area contributed by atoms with Gasteiger partial charge in [0.15, 0.2) is 0 Å². The number of nitrogens with zero attached hydrogens (tertiary/aromatic N) is 3. The van der Waals surface area contributed by atoms with Gasteiger partial charge in [-0.15, -0.1) is 0 Å². The molecule has 2 heterocycles. The number of amides is 1. The molecule has 0 spiro atoms. The van der Waals surface area contributed by atoms with Gasteiger partial charge in [-0.2, -0.15) is 13.2 Å². The van der Waals surface area contributed by atoms with Gasteiger partial charge in [0.2, 0.25) is 0 Å². The van der Waals surface area contributed by atoms with E-state index in [0.29, 0.717) is 11.3 Å². The number of alkyl halides is 3. The molecule has 4 nitrogen and oxygen atoms in total. The highest BCUT2D eigenvalue weighted by Gasteiger charge is 2.34. The Balaban J connectivity index is 1.52. The van der Waals surface area contributed by atoms with Crippen LogP contribution in [0, 0.1) is 0 Å². The van der Waals surface area contributed by atoms with Crippen molar-refractivity contribution >= 4 is 11.6 Å². The number of aromatic nitrogens is 1. The van der Waals surface area contributed by atoms with E-state index in [-0.39, 0.29) is 18.5 Å². The molecule has 148 valence electrons. The lowest BCUT2D eigenvalue weighted by Gasteiger charge is -2.23. The van der Waals surface area contributed by atoms with Crippen LogP contribution in [0.1, 0.15) is 47.3 Å². The van der Waals surface area contributed by atoms with Crippen molar-refractivity contribution in [1.29, 1.82) is 0 Å². The van der Waals surface area contributed by atoms with Crippen molar-refractivity contribution in [3.8, 4) is 0 Å². The first-order valence-corrected chi connectivity index (χ1v) is 9.60. The molecule has 2 aromatic rings. The molecule has 4 rings (SSSR count). The van der Waals surface area contributed by atoms with Gasteiger partial charge < -0.3 is 9.80 Å². The average molecular weight is 389 g/mol. The molecular formula is C21H22F3N3O. The highest BCUT2D eigenvalue weighted by molar-refractivity contribution is 5.93. The molecule has 1 saturated heterocycles. The first-order chi connectivity index (χ1) is 13.4. The SMILES string of the molecule is O=C(c1cc(N2CCCC2)ccn1)N(Cc1ccc(C(F)(F)F)cc1)C1CC1. The lowest BCUT2D eigenvalue weighted by molar-refractivity contribution is -0.137. The molecule has 0 N–H and O–H groups in total. The summed E-state index contributed by atoms with van der Waals surface area (Å²) in [6.07, 6.45) is 1.42. The van der Waals surface area contributed by atoms with Crippen molar-refractivity contribution in [3.63, 3.8) is 0 Å². The molecule has 1 saturated carbocycles. The summed E-state index contributed by atoms with van der Waals surface area (Å²) in [6.45, 7) is 2.25. The number of anilines is 1. The molecule has 2 aliphatic rings. The van der Waals surface area contributed by atoms with Crippen LogP contribution in [0.15, 0.2) is 42.6 Å². The van der Waals surface area contributed by atoms with Gasteiger partial charge in [-0.3, -0.25) is 9.78 Å². The quantitative estimate of drug-likeness (QED) is 0.755. The maximum absolute atomic E-state index is 13.1. The summed E-state index contributed by atoms with van der Waals surface area (Å²) >= 11 is 0. The Morgan fingerprint density at radius 3 is 2.39 bits per heavy atom. The van der Waals surface area contributed by atoms with E-state index in [1.165, 1.54) is 12.1 Å². The summed E-state index contributed by atoms with van der Waals surface area (Å²) in [5.41, 5.74) is 1.40. The number of carbonyl (C=O) groups excluding carboxylic acids is 1. The van der Waals surface area contributed by atoms with Crippen LogP contribution in [0.3, 0.4) is 0 Å². The summed E-state index contributed by atoms with van der Waals surface area (Å²) < 4.78 is 38.3. The maximum atomic E-state index is 13.1. The molecule has 1 amide bonds. The summed E-state index contributed by atoms with van der Waals surface area (Å²) in [5, 5.41) is 0. The van der Waals surface area contributed by atoms with Crippen molar-refractivity contribution in [1.82, 2.24) is 9.88 Å². The van der Waals surface area contributed by atoms with Crippen molar-refractivity contribution < 1.29 is 18.0 Å². The Bertz CT molecular complexity index is 841. The smallest absolute Gasteiger partial charge is 0.371 e. The zero-order valence-corrected chi connectivity index (χ0v) is 15.5. The van der Waals surface area contributed by atoms with E-state index in [9.17, 15) is 18.0 Å². The Hall–Kier alpha value is -2.57. The van der Waals surface area contributed by atoms with E-state index in [0.717, 1.165) is 56.6 Å². The third kappa shape index (κ3) is 4.13. The highest BCUT2D eigenvalue weighted by atomic mass is 19.4. The summed E-state index contributed by atoms with van der Waals surface area (Å²) in [4.78, 5) is 21.3. The maximum Gasteiger partial charge on any atom is 0.416 e. The van der Waals surface area contributed by atoms with Gasteiger partial charge in [0, 0.05) is 37.6 Å². The van der Waals surface area contributed by atoms with Crippen molar-refractivity contribution in [3.05, 3.63) is 59.4 Å². The van der Waals surface area contributed by atoms with Crippen LogP contribution in [0.2, 0.25) is 0 Å². The molecule has 0 unspecified atom stereocenters. The van der Waals surface area contributed by atoms with Crippen LogP contribution in [0.5, 0.6) is 0 Å². The second-order valence-corrected chi connectivity index (χ2v) is 7.45. The molecule has 1 aliphatic heterocycles. The van der Waals surface area contributed by atoms with Gasteiger partial charge in [0.05, 0.1) is 5.56 Å². The van der Waals surface area contributed by atoms with Crippen LogP contribution in [-0.2, 0) is 12.7 Å². The molecule has 2 fully saturated rings. The van der Waals surface area contributed by atoms with Crippen LogP contribution >= 0.6 is 0 Å². The van der Waals surface area contributed by atoms with Crippen LogP contribution in [0.4, 0.5) is 18.9 Å². The van der Waals surface area contributed by atoms with Crippen LogP contribution in [0.25, 0.3) is 0 Å². The molecule has 0 radical (unpaired) electrons. The van der Waals surface area contributed by atoms with E-state index in [1.54, 1.807) is 11.1 Å². The highest BCUT2D eigenvalue weighted by Crippen LogP contribution is 2.32. The van der Waals surface area contributed by atoms with Gasteiger partial charge in [-0.25, -0.2) is 0 Å². The fourth-order valence-electron chi connectivity index (χ4n) is 3.60. The molecule has 1 aromatic heterocycles. The summed E-state index contributed by atoms with van der Waals surface area (Å²) in [5.74, 6) is -0.163. The number of halogens is 3. The van der Waals surface area contributed by atoms with Crippen molar-refractivity contribution in [2.24, 2.45) is 0 Å². The molecular weight excluding hydrogens is 367 g/mol. The Morgan fingerprint density at radius 1 is 1.11 bits per heavy atom. The monoisotopic (exact) mass is 389 g/mol. The standard InChI is InChI=1S/C21H22F3N3O/c22-21(23,24)16-5-3-15(4-6-16)14-27(17-7-8-17)20(28)19-13-18(9-10-25-19)26-11-1-2-12-26/h3-6,9-10,13,17H,1-2,7-8,11-12,14H2. The zero-order valence-electron chi connectivity index (χ0n) is 15.5. The average Bonchev–Trinajstić information content (AvgIpc) is 3.38. The minimum absolute atomic E-state index is 0.132. The van der Waals surface area contributed by atoms with E-state index in [2.05, 4.69) is 9.88 Å². The molecule has 1 aromatic carbocycles. The van der Waals surface area contributed by atoms with Crippen LogP contribution in [-0.4, -0.2) is 34.9 Å². The van der Waals surface area contributed by atoms with E-state index >= 15 is 0 Å². The molecule has 28 heavy (non-hydrogen) atoms. The summed E-state index contributed by atoms with van der Waals surface area (Å²) in [7, 11) is 0. The number of pyridine rings is 1. The molecule has 0 bridgehead atoms. The summed E-state index contributed by atoms with van der Waals surface area (Å²) in [6, 6.07) is 8.90. The van der Waals surface area contributed by atoms with E-state index in [1.807, 2.05) is 12.1 Å². The van der Waals surface area contributed by atoms with E-state index in [4.69, 9.17) is 0 Å². The Labute approximate surface area is 162 Å². The first kappa shape index (κ1) is 18.8. The molecule has 0 atom stereocenters. The second-order valence-electron chi connectivity index (χ2n) is 7.45. The van der Waals surface area contributed by atoms with Gasteiger partial charge in [-0.1, -0.05) is 12.1 Å². The second kappa shape index (κ2) is 7.45. The lowest BCUT2D eigenvalue weighted by atomic mass is 10.1. The van der Waals surface area contributed by atoms with E-state index < -0.39 is 11.7 Å². The minimum atomic E-state index is -4.36. The number of benzene rings is 1. The number of hydrogen-bond donors (Lipinski definition) is 0. The third-order valence-electron chi connectivity index (χ3n) is 5.32. The fourth-order valence-corrected chi connectivity index (χ4v) is 3.60. The minimum Gasteiger partial charge on any atom is -0.371 e. The largest absolute Gasteiger partial charge is 0.416 e. The van der Waals surface area contributed by atoms with Crippen LogP contribution < -0.4 is 4.90 Å². The lowest BCUT2D eigenvalue weighted by Crippen LogP contribution is -2.33. The predicted molar refractivity (Wildman–Crippen MR) is 100 cm³/mol. The molecule has 7 heteroatoms. The Morgan fingerprint density at radius 2 is 1.79 bits per heavy atom. The number of carbonyl (C=O) groups is 1. The van der Waals surface area contributed by atoms with Gasteiger partial charge >= 0.3 is 6.18 Å².